The molecule has 1 unspecified atom stereocenters. The highest BCUT2D eigenvalue weighted by atomic mass is 35.5. The molecule has 128 valence electrons. The fourth-order valence-corrected chi connectivity index (χ4v) is 4.31. The summed E-state index contributed by atoms with van der Waals surface area (Å²) in [5.74, 6) is -0.384. The van der Waals surface area contributed by atoms with Gasteiger partial charge in [-0.25, -0.2) is 9.48 Å². The van der Waals surface area contributed by atoms with Gasteiger partial charge in [-0.05, 0) is 50.3 Å². The van der Waals surface area contributed by atoms with Crippen LogP contribution in [0.2, 0.25) is 5.02 Å². The van der Waals surface area contributed by atoms with Gasteiger partial charge in [0.2, 0.25) is 5.91 Å². The summed E-state index contributed by atoms with van der Waals surface area (Å²) in [4.78, 5) is 23.4. The molecule has 1 atom stereocenters. The van der Waals surface area contributed by atoms with E-state index >= 15 is 0 Å². The van der Waals surface area contributed by atoms with Crippen LogP contribution in [0.25, 0.3) is 5.69 Å². The predicted molar refractivity (Wildman–Crippen MR) is 99.8 cm³/mol. The first-order chi connectivity index (χ1) is 11.4. The fraction of sp³-hybridized carbons (Fsp3) is 0.286. The number of imide groups is 1. The molecule has 0 aliphatic rings. The summed E-state index contributed by atoms with van der Waals surface area (Å²) < 4.78 is 2.83. The largest absolute Gasteiger partial charge is 0.338 e. The van der Waals surface area contributed by atoms with Gasteiger partial charge in [0.15, 0.2) is 8.29 Å². The number of amides is 3. The monoisotopic (exact) mass is 402 g/mol. The van der Waals surface area contributed by atoms with Crippen molar-refractivity contribution in [2.24, 2.45) is 0 Å². The number of carbonyl (C=O) groups is 2. The van der Waals surface area contributed by atoms with Crippen molar-refractivity contribution in [2.45, 2.75) is 23.4 Å². The second-order valence-electron chi connectivity index (χ2n) is 4.63. The molecule has 1 aromatic heterocycles. The van der Waals surface area contributed by atoms with Gasteiger partial charge < -0.3 is 5.32 Å². The van der Waals surface area contributed by atoms with Crippen LogP contribution >= 0.6 is 46.9 Å². The van der Waals surface area contributed by atoms with Crippen LogP contribution in [0.3, 0.4) is 0 Å². The average molecular weight is 403 g/mol. The van der Waals surface area contributed by atoms with Crippen LogP contribution < -0.4 is 10.6 Å². The van der Waals surface area contributed by atoms with Gasteiger partial charge >= 0.3 is 6.03 Å². The lowest BCUT2D eigenvalue weighted by Gasteiger charge is -2.09. The second kappa shape index (κ2) is 8.61. The molecule has 0 saturated heterocycles. The number of hydrogen-bond donors (Lipinski definition) is 2. The van der Waals surface area contributed by atoms with Crippen LogP contribution in [0.4, 0.5) is 4.79 Å². The zero-order chi connectivity index (χ0) is 17.7. The molecule has 0 bridgehead atoms. The van der Waals surface area contributed by atoms with E-state index in [1.165, 1.54) is 23.1 Å². The number of thioether (sulfide) groups is 1. The summed E-state index contributed by atoms with van der Waals surface area (Å²) >= 11 is 13.7. The van der Waals surface area contributed by atoms with Crippen LogP contribution in [0.5, 0.6) is 0 Å². The smallest absolute Gasteiger partial charge is 0.321 e. The van der Waals surface area contributed by atoms with Crippen LogP contribution in [-0.4, -0.2) is 33.5 Å². The molecule has 6 nitrogen and oxygen atoms in total. The Balaban J connectivity index is 2.07. The van der Waals surface area contributed by atoms with Crippen molar-refractivity contribution in [1.29, 1.82) is 0 Å². The molecule has 24 heavy (non-hydrogen) atoms. The quantitative estimate of drug-likeness (QED) is 0.589. The third-order valence-electron chi connectivity index (χ3n) is 2.82. The molecule has 0 saturated carbocycles. The molecule has 1 heterocycles. The topological polar surface area (TPSA) is 76.0 Å². The van der Waals surface area contributed by atoms with Gasteiger partial charge in [0, 0.05) is 11.6 Å². The molecular weight excluding hydrogens is 388 g/mol. The molecule has 2 N–H and O–H groups in total. The molecule has 0 fully saturated rings. The van der Waals surface area contributed by atoms with Gasteiger partial charge in [-0.3, -0.25) is 10.1 Å². The number of nitrogens with one attached hydrogen (secondary N) is 2. The first-order valence-corrected chi connectivity index (χ1v) is 9.50. The number of halogens is 1. The van der Waals surface area contributed by atoms with Crippen molar-refractivity contribution in [1.82, 2.24) is 20.4 Å². The highest BCUT2D eigenvalue weighted by molar-refractivity contribution is 8.02. The Morgan fingerprint density at radius 1 is 1.42 bits per heavy atom. The molecule has 0 aliphatic carbocycles. The molecule has 1 aromatic carbocycles. The summed E-state index contributed by atoms with van der Waals surface area (Å²) in [5, 5.41) is 9.36. The highest BCUT2D eigenvalue weighted by Crippen LogP contribution is 2.28. The van der Waals surface area contributed by atoms with Gasteiger partial charge in [0.25, 0.3) is 0 Å². The molecule has 0 spiro atoms. The van der Waals surface area contributed by atoms with Gasteiger partial charge in [-0.1, -0.05) is 34.7 Å². The summed E-state index contributed by atoms with van der Waals surface area (Å²) in [5.41, 5.74) is 0.798. The van der Waals surface area contributed by atoms with Crippen molar-refractivity contribution in [3.05, 3.63) is 33.2 Å². The normalized spacial score (nSPS) is 11.8. The van der Waals surface area contributed by atoms with E-state index in [1.807, 2.05) is 12.1 Å². The Kier molecular flexibility index (Phi) is 6.79. The van der Waals surface area contributed by atoms with Crippen molar-refractivity contribution < 1.29 is 9.59 Å². The fourth-order valence-electron chi connectivity index (χ4n) is 1.68. The SMILES string of the molecule is CCNC(=O)NC(=O)C(C)Sc1nn(-c2ccc(Cl)cc2)c(=S)s1. The molecule has 0 aliphatic heterocycles. The lowest BCUT2D eigenvalue weighted by molar-refractivity contribution is -0.119. The van der Waals surface area contributed by atoms with E-state index in [4.69, 9.17) is 23.8 Å². The third-order valence-corrected chi connectivity index (χ3v) is 5.49. The van der Waals surface area contributed by atoms with Crippen LogP contribution in [0.15, 0.2) is 28.6 Å². The highest BCUT2D eigenvalue weighted by Gasteiger charge is 2.19. The number of hydrogen-bond acceptors (Lipinski definition) is 6. The maximum atomic E-state index is 12.0. The Hall–Kier alpha value is -1.42. The zero-order valence-electron chi connectivity index (χ0n) is 12.9. The summed E-state index contributed by atoms with van der Waals surface area (Å²) in [6.07, 6.45) is 0. The maximum Gasteiger partial charge on any atom is 0.321 e. The lowest BCUT2D eigenvalue weighted by Crippen LogP contribution is -2.42. The van der Waals surface area contributed by atoms with Crippen LogP contribution in [0.1, 0.15) is 13.8 Å². The number of urea groups is 1. The first-order valence-electron chi connectivity index (χ1n) is 7.02. The Morgan fingerprint density at radius 2 is 2.08 bits per heavy atom. The van der Waals surface area contributed by atoms with Gasteiger partial charge in [0.1, 0.15) is 0 Å². The van der Waals surface area contributed by atoms with E-state index in [-0.39, 0.29) is 5.91 Å². The summed E-state index contributed by atoms with van der Waals surface area (Å²) in [6.45, 7) is 3.93. The van der Waals surface area contributed by atoms with Crippen LogP contribution in [0, 0.1) is 3.95 Å². The second-order valence-corrected chi connectivity index (χ2v) is 8.28. The lowest BCUT2D eigenvalue weighted by atomic mass is 10.3. The van der Waals surface area contributed by atoms with E-state index in [0.29, 0.717) is 19.9 Å². The number of rotatable bonds is 5. The standard InChI is InChI=1S/C14H15ClN4O2S3/c1-3-16-12(21)17-11(20)8(2)23-13-18-19(14(22)24-13)10-6-4-9(15)5-7-10/h4-8H,3H2,1-2H3,(H2,16,17,20,21). The number of benzene rings is 1. The van der Waals surface area contributed by atoms with Gasteiger partial charge in [-0.2, -0.15) is 0 Å². The molecule has 10 heteroatoms. The van der Waals surface area contributed by atoms with Crippen molar-refractivity contribution in [3.8, 4) is 5.69 Å². The van der Waals surface area contributed by atoms with E-state index in [2.05, 4.69) is 15.7 Å². The molecular formula is C14H15ClN4O2S3. The maximum absolute atomic E-state index is 12.0. The Bertz CT molecular complexity index is 788. The van der Waals surface area contributed by atoms with Crippen molar-refractivity contribution in [3.63, 3.8) is 0 Å². The van der Waals surface area contributed by atoms with Gasteiger partial charge in [0.05, 0.1) is 10.9 Å². The van der Waals surface area contributed by atoms with Crippen molar-refractivity contribution in [2.75, 3.05) is 6.54 Å². The zero-order valence-corrected chi connectivity index (χ0v) is 16.1. The minimum absolute atomic E-state index is 0.384. The number of nitrogens with zero attached hydrogens (tertiary/aromatic N) is 2. The van der Waals surface area contributed by atoms with E-state index < -0.39 is 11.3 Å². The third kappa shape index (κ3) is 5.04. The minimum atomic E-state index is -0.505. The van der Waals surface area contributed by atoms with E-state index in [9.17, 15) is 9.59 Å². The number of carbonyl (C=O) groups excluding carboxylic acids is 2. The molecule has 0 radical (unpaired) electrons. The summed E-state index contributed by atoms with van der Waals surface area (Å²) in [7, 11) is 0. The van der Waals surface area contributed by atoms with E-state index in [0.717, 1.165) is 5.69 Å². The molecule has 3 amide bonds. The molecule has 2 aromatic rings. The minimum Gasteiger partial charge on any atom is -0.338 e. The average Bonchev–Trinajstić information content (AvgIpc) is 2.88. The molecule has 2 rings (SSSR count). The first kappa shape index (κ1) is 18.9. The Labute approximate surface area is 157 Å². The van der Waals surface area contributed by atoms with Crippen molar-refractivity contribution >= 4 is 58.9 Å². The van der Waals surface area contributed by atoms with E-state index in [1.54, 1.807) is 30.7 Å². The predicted octanol–water partition coefficient (Wildman–Crippen LogP) is 3.64. The summed E-state index contributed by atoms with van der Waals surface area (Å²) in [6, 6.07) is 6.64. The van der Waals surface area contributed by atoms with Crippen LogP contribution in [-0.2, 0) is 4.79 Å². The Morgan fingerprint density at radius 3 is 2.71 bits per heavy atom. The van der Waals surface area contributed by atoms with Gasteiger partial charge in [-0.15, -0.1) is 5.10 Å². The number of aromatic nitrogens is 2.